The maximum absolute atomic E-state index is 11.6. The molecular weight excluding hydrogens is 150 g/mol. The standard InChI is InChI=1S/C10H21NO/c1-6-9(12)10(3,7-2)8-11(4)5/h6-8H2,1-5H3/t10-/m1/s1. The minimum atomic E-state index is -0.141. The molecule has 0 saturated carbocycles. The fourth-order valence-corrected chi connectivity index (χ4v) is 1.52. The van der Waals surface area contributed by atoms with E-state index < -0.39 is 0 Å². The molecule has 0 spiro atoms. The van der Waals surface area contributed by atoms with Gasteiger partial charge in [0.25, 0.3) is 0 Å². The van der Waals surface area contributed by atoms with Crippen LogP contribution < -0.4 is 0 Å². The van der Waals surface area contributed by atoms with Gasteiger partial charge in [-0.1, -0.05) is 20.8 Å². The van der Waals surface area contributed by atoms with Gasteiger partial charge in [0.1, 0.15) is 5.78 Å². The molecule has 0 N–H and O–H groups in total. The second-order valence-corrected chi connectivity index (χ2v) is 3.93. The Hall–Kier alpha value is -0.370. The van der Waals surface area contributed by atoms with Crippen LogP contribution in [0.3, 0.4) is 0 Å². The molecule has 2 heteroatoms. The molecule has 0 unspecified atom stereocenters. The number of nitrogens with zero attached hydrogens (tertiary/aromatic N) is 1. The molecule has 2 nitrogen and oxygen atoms in total. The summed E-state index contributed by atoms with van der Waals surface area (Å²) in [6.45, 7) is 6.93. The molecule has 0 aromatic heterocycles. The summed E-state index contributed by atoms with van der Waals surface area (Å²) in [6, 6.07) is 0. The van der Waals surface area contributed by atoms with Crippen molar-refractivity contribution >= 4 is 5.78 Å². The van der Waals surface area contributed by atoms with E-state index in [-0.39, 0.29) is 5.41 Å². The molecule has 0 aliphatic rings. The first kappa shape index (κ1) is 11.6. The van der Waals surface area contributed by atoms with Crippen LogP contribution in [0, 0.1) is 5.41 Å². The van der Waals surface area contributed by atoms with E-state index in [1.54, 1.807) is 0 Å². The lowest BCUT2D eigenvalue weighted by molar-refractivity contribution is -0.128. The highest BCUT2D eigenvalue weighted by atomic mass is 16.1. The highest BCUT2D eigenvalue weighted by Crippen LogP contribution is 2.24. The van der Waals surface area contributed by atoms with Crippen LogP contribution in [0.1, 0.15) is 33.6 Å². The molecular formula is C10H21NO. The van der Waals surface area contributed by atoms with Crippen LogP contribution >= 0.6 is 0 Å². The first-order chi connectivity index (χ1) is 5.46. The molecule has 0 aromatic rings. The molecule has 0 radical (unpaired) electrons. The van der Waals surface area contributed by atoms with E-state index in [1.165, 1.54) is 0 Å². The molecule has 0 fully saturated rings. The van der Waals surface area contributed by atoms with Gasteiger partial charge in [-0.15, -0.1) is 0 Å². The minimum absolute atomic E-state index is 0.141. The zero-order valence-corrected chi connectivity index (χ0v) is 8.98. The van der Waals surface area contributed by atoms with Crippen LogP contribution in [0.25, 0.3) is 0 Å². The maximum Gasteiger partial charge on any atom is 0.139 e. The summed E-state index contributed by atoms with van der Waals surface area (Å²) in [7, 11) is 4.02. The number of carbonyl (C=O) groups is 1. The van der Waals surface area contributed by atoms with Crippen molar-refractivity contribution in [2.24, 2.45) is 5.41 Å². The molecule has 1 atom stereocenters. The van der Waals surface area contributed by atoms with Gasteiger partial charge in [-0.2, -0.15) is 0 Å². The first-order valence-corrected chi connectivity index (χ1v) is 4.64. The highest BCUT2D eigenvalue weighted by Gasteiger charge is 2.29. The van der Waals surface area contributed by atoms with Gasteiger partial charge in [0, 0.05) is 18.4 Å². The van der Waals surface area contributed by atoms with Crippen molar-refractivity contribution in [3.63, 3.8) is 0 Å². The third kappa shape index (κ3) is 2.94. The van der Waals surface area contributed by atoms with E-state index >= 15 is 0 Å². The van der Waals surface area contributed by atoms with E-state index in [4.69, 9.17) is 0 Å². The Kier molecular flexibility index (Phi) is 4.46. The normalized spacial score (nSPS) is 16.2. The van der Waals surface area contributed by atoms with Gasteiger partial charge in [0.05, 0.1) is 0 Å². The quantitative estimate of drug-likeness (QED) is 0.630. The summed E-state index contributed by atoms with van der Waals surface area (Å²) in [5, 5.41) is 0. The zero-order valence-electron chi connectivity index (χ0n) is 8.98. The lowest BCUT2D eigenvalue weighted by Gasteiger charge is -2.29. The van der Waals surface area contributed by atoms with Crippen LogP contribution in [-0.2, 0) is 4.79 Å². The van der Waals surface area contributed by atoms with Gasteiger partial charge in [-0.3, -0.25) is 4.79 Å². The van der Waals surface area contributed by atoms with Crippen molar-refractivity contribution in [1.82, 2.24) is 4.90 Å². The lowest BCUT2D eigenvalue weighted by Crippen LogP contribution is -2.37. The van der Waals surface area contributed by atoms with Gasteiger partial charge in [0.15, 0.2) is 0 Å². The van der Waals surface area contributed by atoms with E-state index in [0.29, 0.717) is 12.2 Å². The smallest absolute Gasteiger partial charge is 0.139 e. The van der Waals surface area contributed by atoms with Crippen molar-refractivity contribution in [2.75, 3.05) is 20.6 Å². The summed E-state index contributed by atoms with van der Waals surface area (Å²) in [5.41, 5.74) is -0.141. The van der Waals surface area contributed by atoms with E-state index in [0.717, 1.165) is 13.0 Å². The largest absolute Gasteiger partial charge is 0.308 e. The van der Waals surface area contributed by atoms with Crippen LogP contribution in [0.2, 0.25) is 0 Å². The van der Waals surface area contributed by atoms with E-state index in [2.05, 4.69) is 18.7 Å². The van der Waals surface area contributed by atoms with Gasteiger partial charge in [0.2, 0.25) is 0 Å². The van der Waals surface area contributed by atoms with Gasteiger partial charge in [-0.25, -0.2) is 0 Å². The molecule has 0 bridgehead atoms. The maximum atomic E-state index is 11.6. The molecule has 12 heavy (non-hydrogen) atoms. The predicted octanol–water partition coefficient (Wildman–Crippen LogP) is 1.94. The molecule has 0 amide bonds. The topological polar surface area (TPSA) is 20.3 Å². The Bertz CT molecular complexity index is 154. The summed E-state index contributed by atoms with van der Waals surface area (Å²) >= 11 is 0. The SMILES string of the molecule is CCC(=O)[C@](C)(CC)CN(C)C. The van der Waals surface area contributed by atoms with Gasteiger partial charge >= 0.3 is 0 Å². The summed E-state index contributed by atoms with van der Waals surface area (Å²) in [6.07, 6.45) is 1.58. The van der Waals surface area contributed by atoms with Crippen LogP contribution in [0.5, 0.6) is 0 Å². The molecule has 0 saturated heterocycles. The number of Topliss-reactive ketones (excluding diaryl/α,β-unsaturated/α-hetero) is 1. The fourth-order valence-electron chi connectivity index (χ4n) is 1.52. The van der Waals surface area contributed by atoms with E-state index in [1.807, 2.05) is 21.0 Å². The number of ketones is 1. The summed E-state index contributed by atoms with van der Waals surface area (Å²) in [4.78, 5) is 13.7. The summed E-state index contributed by atoms with van der Waals surface area (Å²) < 4.78 is 0. The van der Waals surface area contributed by atoms with E-state index in [9.17, 15) is 4.79 Å². The van der Waals surface area contributed by atoms with Gasteiger partial charge < -0.3 is 4.90 Å². The number of hydrogen-bond donors (Lipinski definition) is 0. The molecule has 0 heterocycles. The number of rotatable bonds is 5. The molecule has 0 aromatic carbocycles. The van der Waals surface area contributed by atoms with Crippen molar-refractivity contribution in [2.45, 2.75) is 33.6 Å². The zero-order chi connectivity index (χ0) is 9.78. The Labute approximate surface area is 75.9 Å². The number of carbonyl (C=O) groups excluding carboxylic acids is 1. The van der Waals surface area contributed by atoms with Crippen molar-refractivity contribution in [3.8, 4) is 0 Å². The average molecular weight is 171 g/mol. The molecule has 0 rings (SSSR count). The van der Waals surface area contributed by atoms with Crippen molar-refractivity contribution in [3.05, 3.63) is 0 Å². The van der Waals surface area contributed by atoms with Gasteiger partial charge in [-0.05, 0) is 20.5 Å². The van der Waals surface area contributed by atoms with Crippen LogP contribution in [-0.4, -0.2) is 31.3 Å². The third-order valence-electron chi connectivity index (χ3n) is 2.44. The number of hydrogen-bond acceptors (Lipinski definition) is 2. The highest BCUT2D eigenvalue weighted by molar-refractivity contribution is 5.84. The first-order valence-electron chi connectivity index (χ1n) is 4.64. The van der Waals surface area contributed by atoms with Crippen molar-refractivity contribution < 1.29 is 4.79 Å². The fraction of sp³-hybridized carbons (Fsp3) is 0.900. The van der Waals surface area contributed by atoms with Crippen molar-refractivity contribution in [1.29, 1.82) is 0 Å². The second-order valence-electron chi connectivity index (χ2n) is 3.93. The average Bonchev–Trinajstić information content (AvgIpc) is 2.01. The minimum Gasteiger partial charge on any atom is -0.308 e. The Morgan fingerprint density at radius 3 is 2.08 bits per heavy atom. The van der Waals surface area contributed by atoms with Crippen LogP contribution in [0.4, 0.5) is 0 Å². The Morgan fingerprint density at radius 1 is 1.33 bits per heavy atom. The Morgan fingerprint density at radius 2 is 1.83 bits per heavy atom. The molecule has 0 aliphatic heterocycles. The third-order valence-corrected chi connectivity index (χ3v) is 2.44. The predicted molar refractivity (Wildman–Crippen MR) is 52.3 cm³/mol. The molecule has 72 valence electrons. The molecule has 0 aliphatic carbocycles. The lowest BCUT2D eigenvalue weighted by atomic mass is 9.81. The monoisotopic (exact) mass is 171 g/mol. The second kappa shape index (κ2) is 4.61. The summed E-state index contributed by atoms with van der Waals surface area (Å²) in [5.74, 6) is 0.374. The Balaban J connectivity index is 4.33. The van der Waals surface area contributed by atoms with Crippen LogP contribution in [0.15, 0.2) is 0 Å².